The standard InChI is InChI=1S/C16H26N2O3/c1-20-12-6-7-13(16(8-12)21-2)15(9-17)18-14-5-3-4-11(14)10-19/h6-8,11,14-15,18-19H,3-5,9-10,17H2,1-2H3. The minimum atomic E-state index is 0.0167. The molecule has 3 unspecified atom stereocenters. The van der Waals surface area contributed by atoms with Gasteiger partial charge in [-0.3, -0.25) is 0 Å². The SMILES string of the molecule is COc1ccc(C(CN)NC2CCCC2CO)c(OC)c1. The van der Waals surface area contributed by atoms with Crippen LogP contribution in [0.4, 0.5) is 0 Å². The van der Waals surface area contributed by atoms with Crippen molar-refractivity contribution in [1.82, 2.24) is 5.32 Å². The van der Waals surface area contributed by atoms with Crippen molar-refractivity contribution >= 4 is 0 Å². The van der Waals surface area contributed by atoms with Gasteiger partial charge in [-0.05, 0) is 24.8 Å². The summed E-state index contributed by atoms with van der Waals surface area (Å²) < 4.78 is 10.7. The highest BCUT2D eigenvalue weighted by molar-refractivity contribution is 5.42. The predicted molar refractivity (Wildman–Crippen MR) is 82.7 cm³/mol. The molecule has 0 bridgehead atoms. The molecule has 1 aliphatic rings. The van der Waals surface area contributed by atoms with Crippen LogP contribution in [0.3, 0.4) is 0 Å². The summed E-state index contributed by atoms with van der Waals surface area (Å²) in [5.41, 5.74) is 6.98. The van der Waals surface area contributed by atoms with E-state index < -0.39 is 0 Å². The summed E-state index contributed by atoms with van der Waals surface area (Å²) in [6, 6.07) is 6.11. The molecule has 21 heavy (non-hydrogen) atoms. The molecule has 5 nitrogen and oxygen atoms in total. The van der Waals surface area contributed by atoms with E-state index in [-0.39, 0.29) is 12.6 Å². The van der Waals surface area contributed by atoms with Crippen LogP contribution in [0.5, 0.6) is 11.5 Å². The van der Waals surface area contributed by atoms with Crippen LogP contribution < -0.4 is 20.5 Å². The Morgan fingerprint density at radius 2 is 2.14 bits per heavy atom. The van der Waals surface area contributed by atoms with E-state index >= 15 is 0 Å². The Labute approximate surface area is 126 Å². The molecule has 0 aromatic heterocycles. The van der Waals surface area contributed by atoms with Gasteiger partial charge in [-0.15, -0.1) is 0 Å². The van der Waals surface area contributed by atoms with E-state index in [2.05, 4.69) is 5.32 Å². The zero-order valence-corrected chi connectivity index (χ0v) is 12.8. The number of rotatable bonds is 7. The second-order valence-electron chi connectivity index (χ2n) is 5.54. The first kappa shape index (κ1) is 16.1. The monoisotopic (exact) mass is 294 g/mol. The number of methoxy groups -OCH3 is 2. The third-order valence-corrected chi connectivity index (χ3v) is 4.36. The van der Waals surface area contributed by atoms with Crippen LogP contribution in [0.15, 0.2) is 18.2 Å². The summed E-state index contributed by atoms with van der Waals surface area (Å²) in [5, 5.41) is 13.0. The fourth-order valence-electron chi connectivity index (χ4n) is 3.12. The van der Waals surface area contributed by atoms with Crippen LogP contribution in [-0.2, 0) is 0 Å². The van der Waals surface area contributed by atoms with E-state index in [1.807, 2.05) is 18.2 Å². The minimum Gasteiger partial charge on any atom is -0.497 e. The van der Waals surface area contributed by atoms with Crippen molar-refractivity contribution in [2.24, 2.45) is 11.7 Å². The normalized spacial score (nSPS) is 23.0. The van der Waals surface area contributed by atoms with Crippen molar-refractivity contribution in [3.05, 3.63) is 23.8 Å². The van der Waals surface area contributed by atoms with Gasteiger partial charge in [-0.2, -0.15) is 0 Å². The molecule has 0 heterocycles. The number of aliphatic hydroxyl groups is 1. The Bertz CT molecular complexity index is 453. The highest BCUT2D eigenvalue weighted by atomic mass is 16.5. The first-order chi connectivity index (χ1) is 10.2. The van der Waals surface area contributed by atoms with E-state index in [0.717, 1.165) is 36.3 Å². The summed E-state index contributed by atoms with van der Waals surface area (Å²) in [6.45, 7) is 0.714. The number of hydrogen-bond acceptors (Lipinski definition) is 5. The third kappa shape index (κ3) is 3.67. The van der Waals surface area contributed by atoms with E-state index in [1.165, 1.54) is 0 Å². The molecule has 4 N–H and O–H groups in total. The Kier molecular flexibility index (Phi) is 5.85. The highest BCUT2D eigenvalue weighted by Crippen LogP contribution is 2.32. The largest absolute Gasteiger partial charge is 0.497 e. The Hall–Kier alpha value is -1.30. The van der Waals surface area contributed by atoms with Gasteiger partial charge in [0, 0.05) is 36.9 Å². The number of aliphatic hydroxyl groups excluding tert-OH is 1. The second-order valence-corrected chi connectivity index (χ2v) is 5.54. The molecule has 0 aliphatic heterocycles. The summed E-state index contributed by atoms with van der Waals surface area (Å²) >= 11 is 0. The molecule has 1 fully saturated rings. The lowest BCUT2D eigenvalue weighted by atomic mass is 10.00. The van der Waals surface area contributed by atoms with Crippen LogP contribution in [0.1, 0.15) is 30.9 Å². The average Bonchev–Trinajstić information content (AvgIpc) is 2.99. The van der Waals surface area contributed by atoms with Gasteiger partial charge in [0.2, 0.25) is 0 Å². The lowest BCUT2D eigenvalue weighted by Crippen LogP contribution is -2.40. The van der Waals surface area contributed by atoms with Crippen LogP contribution in [0, 0.1) is 5.92 Å². The number of benzene rings is 1. The zero-order valence-electron chi connectivity index (χ0n) is 12.8. The van der Waals surface area contributed by atoms with Gasteiger partial charge in [-0.1, -0.05) is 12.5 Å². The summed E-state index contributed by atoms with van der Waals surface area (Å²) in [7, 11) is 3.29. The maximum absolute atomic E-state index is 9.45. The van der Waals surface area contributed by atoms with Gasteiger partial charge in [-0.25, -0.2) is 0 Å². The first-order valence-electron chi connectivity index (χ1n) is 7.52. The summed E-state index contributed by atoms with van der Waals surface area (Å²) in [6.07, 6.45) is 3.31. The molecule has 5 heteroatoms. The summed E-state index contributed by atoms with van der Waals surface area (Å²) in [5.74, 6) is 1.86. The Morgan fingerprint density at radius 1 is 1.33 bits per heavy atom. The third-order valence-electron chi connectivity index (χ3n) is 4.36. The van der Waals surface area contributed by atoms with Crippen molar-refractivity contribution < 1.29 is 14.6 Å². The fourth-order valence-corrected chi connectivity index (χ4v) is 3.12. The van der Waals surface area contributed by atoms with Crippen LogP contribution >= 0.6 is 0 Å². The molecule has 0 amide bonds. The average molecular weight is 294 g/mol. The van der Waals surface area contributed by atoms with E-state index in [4.69, 9.17) is 15.2 Å². The van der Waals surface area contributed by atoms with Crippen molar-refractivity contribution in [3.63, 3.8) is 0 Å². The van der Waals surface area contributed by atoms with E-state index in [1.54, 1.807) is 14.2 Å². The predicted octanol–water partition coefficient (Wildman–Crippen LogP) is 1.45. The molecule has 118 valence electrons. The maximum Gasteiger partial charge on any atom is 0.127 e. The summed E-state index contributed by atoms with van der Waals surface area (Å²) in [4.78, 5) is 0. The molecule has 3 atom stereocenters. The van der Waals surface area contributed by atoms with Crippen molar-refractivity contribution in [3.8, 4) is 11.5 Å². The van der Waals surface area contributed by atoms with Gasteiger partial charge in [0.25, 0.3) is 0 Å². The van der Waals surface area contributed by atoms with Crippen molar-refractivity contribution in [1.29, 1.82) is 0 Å². The molecule has 1 aromatic rings. The number of nitrogens with two attached hydrogens (primary N) is 1. The molecule has 0 radical (unpaired) electrons. The second kappa shape index (κ2) is 7.64. The fraction of sp³-hybridized carbons (Fsp3) is 0.625. The molecular weight excluding hydrogens is 268 g/mol. The van der Waals surface area contributed by atoms with Gasteiger partial charge in [0.05, 0.1) is 14.2 Å². The van der Waals surface area contributed by atoms with E-state index in [0.29, 0.717) is 18.5 Å². The van der Waals surface area contributed by atoms with Gasteiger partial charge < -0.3 is 25.6 Å². The molecule has 2 rings (SSSR count). The molecular formula is C16H26N2O3. The maximum atomic E-state index is 9.45. The topological polar surface area (TPSA) is 76.7 Å². The van der Waals surface area contributed by atoms with Crippen molar-refractivity contribution in [2.75, 3.05) is 27.4 Å². The smallest absolute Gasteiger partial charge is 0.127 e. The molecule has 1 aliphatic carbocycles. The highest BCUT2D eigenvalue weighted by Gasteiger charge is 2.29. The molecule has 1 aromatic carbocycles. The zero-order chi connectivity index (χ0) is 15.2. The Balaban J connectivity index is 2.17. The van der Waals surface area contributed by atoms with Crippen molar-refractivity contribution in [2.45, 2.75) is 31.3 Å². The molecule has 1 saturated carbocycles. The molecule has 0 spiro atoms. The van der Waals surface area contributed by atoms with Crippen LogP contribution in [0.2, 0.25) is 0 Å². The van der Waals surface area contributed by atoms with Gasteiger partial charge in [0.1, 0.15) is 11.5 Å². The lowest BCUT2D eigenvalue weighted by molar-refractivity contribution is 0.199. The quantitative estimate of drug-likeness (QED) is 0.709. The van der Waals surface area contributed by atoms with Gasteiger partial charge >= 0.3 is 0 Å². The van der Waals surface area contributed by atoms with Gasteiger partial charge in [0.15, 0.2) is 0 Å². The number of ether oxygens (including phenoxy) is 2. The minimum absolute atomic E-state index is 0.0167. The van der Waals surface area contributed by atoms with E-state index in [9.17, 15) is 5.11 Å². The van der Waals surface area contributed by atoms with Crippen LogP contribution in [-0.4, -0.2) is 38.5 Å². The number of nitrogens with one attached hydrogen (secondary N) is 1. The van der Waals surface area contributed by atoms with Crippen LogP contribution in [0.25, 0.3) is 0 Å². The first-order valence-corrected chi connectivity index (χ1v) is 7.52. The Morgan fingerprint density at radius 3 is 2.76 bits per heavy atom. The lowest BCUT2D eigenvalue weighted by Gasteiger charge is -2.27. The number of hydrogen-bond donors (Lipinski definition) is 3. The molecule has 0 saturated heterocycles.